The normalized spacial score (nSPS) is 19.1. The lowest BCUT2D eigenvalue weighted by Gasteiger charge is -2.18. The van der Waals surface area contributed by atoms with Crippen molar-refractivity contribution in [2.24, 2.45) is 13.0 Å². The smallest absolute Gasteiger partial charge is 0.352 e. The molecular formula is C17H20F3N3O. The Hall–Kier alpha value is -2.02. The maximum absolute atomic E-state index is 12.4. The van der Waals surface area contributed by atoms with Crippen LogP contribution in [0.25, 0.3) is 10.9 Å². The number of benzene rings is 1. The number of amides is 1. The minimum absolute atomic E-state index is 0.0614. The van der Waals surface area contributed by atoms with Gasteiger partial charge in [0.15, 0.2) is 0 Å². The third-order valence-corrected chi connectivity index (χ3v) is 4.47. The molecule has 0 aliphatic carbocycles. The van der Waals surface area contributed by atoms with Gasteiger partial charge < -0.3 is 9.88 Å². The highest BCUT2D eigenvalue weighted by atomic mass is 19.4. The Morgan fingerprint density at radius 3 is 2.83 bits per heavy atom. The lowest BCUT2D eigenvalue weighted by atomic mass is 10.1. The molecule has 24 heavy (non-hydrogen) atoms. The zero-order valence-electron chi connectivity index (χ0n) is 13.4. The Balaban J connectivity index is 1.58. The van der Waals surface area contributed by atoms with Crippen LogP contribution in [-0.4, -0.2) is 47.7 Å². The minimum atomic E-state index is -4.17. The predicted molar refractivity (Wildman–Crippen MR) is 85.9 cm³/mol. The van der Waals surface area contributed by atoms with Crippen molar-refractivity contribution in [1.82, 2.24) is 14.8 Å². The molecule has 130 valence electrons. The molecule has 1 fully saturated rings. The minimum Gasteiger partial charge on any atom is -0.352 e. The maximum Gasteiger partial charge on any atom is 0.401 e. The monoisotopic (exact) mass is 339 g/mol. The van der Waals surface area contributed by atoms with Gasteiger partial charge >= 0.3 is 6.18 Å². The van der Waals surface area contributed by atoms with Gasteiger partial charge in [-0.05, 0) is 24.9 Å². The number of likely N-dealkylation sites (tertiary alicyclic amines) is 1. The summed E-state index contributed by atoms with van der Waals surface area (Å²) in [4.78, 5) is 13.8. The highest BCUT2D eigenvalue weighted by Gasteiger charge is 2.34. The number of nitrogens with one attached hydrogen (secondary N) is 1. The average Bonchev–Trinajstić information content (AvgIpc) is 3.08. The van der Waals surface area contributed by atoms with Crippen molar-refractivity contribution in [3.8, 4) is 0 Å². The number of carbonyl (C=O) groups excluding carboxylic acids is 1. The number of aryl methyl sites for hydroxylation is 1. The first-order valence-corrected chi connectivity index (χ1v) is 7.95. The van der Waals surface area contributed by atoms with E-state index < -0.39 is 12.7 Å². The molecular weight excluding hydrogens is 319 g/mol. The van der Waals surface area contributed by atoms with Crippen LogP contribution in [0.3, 0.4) is 0 Å². The zero-order chi connectivity index (χ0) is 17.3. The molecule has 1 aromatic heterocycles. The van der Waals surface area contributed by atoms with Crippen molar-refractivity contribution in [1.29, 1.82) is 0 Å². The number of para-hydroxylation sites is 1. The van der Waals surface area contributed by atoms with Crippen LogP contribution >= 0.6 is 0 Å². The summed E-state index contributed by atoms with van der Waals surface area (Å²) in [6.45, 7) is 0.320. The van der Waals surface area contributed by atoms with Crippen molar-refractivity contribution >= 4 is 16.8 Å². The van der Waals surface area contributed by atoms with Gasteiger partial charge in [0.1, 0.15) is 0 Å². The number of nitrogens with zero attached hydrogens (tertiary/aromatic N) is 2. The molecule has 0 spiro atoms. The Kier molecular flexibility index (Phi) is 4.54. The van der Waals surface area contributed by atoms with Gasteiger partial charge in [-0.15, -0.1) is 0 Å². The van der Waals surface area contributed by atoms with Crippen LogP contribution in [0, 0.1) is 5.92 Å². The van der Waals surface area contributed by atoms with Gasteiger partial charge in [0.2, 0.25) is 0 Å². The topological polar surface area (TPSA) is 37.3 Å². The van der Waals surface area contributed by atoms with Gasteiger partial charge in [0.05, 0.1) is 12.1 Å². The third-order valence-electron chi connectivity index (χ3n) is 4.47. The fraction of sp³-hybridized carbons (Fsp3) is 0.471. The van der Waals surface area contributed by atoms with Crippen LogP contribution < -0.4 is 5.32 Å². The molecule has 0 saturated carbocycles. The van der Waals surface area contributed by atoms with Gasteiger partial charge in [0.25, 0.3) is 5.91 Å². The van der Waals surface area contributed by atoms with Crippen LogP contribution in [0.2, 0.25) is 0 Å². The van der Waals surface area contributed by atoms with E-state index in [1.807, 2.05) is 35.9 Å². The number of hydrogen-bond acceptors (Lipinski definition) is 2. The number of aromatic nitrogens is 1. The Bertz CT molecular complexity index is 738. The molecule has 4 nitrogen and oxygen atoms in total. The molecule has 1 aliphatic rings. The van der Waals surface area contributed by atoms with E-state index in [0.29, 0.717) is 31.6 Å². The molecule has 7 heteroatoms. The molecule has 2 aromatic rings. The Morgan fingerprint density at radius 1 is 1.33 bits per heavy atom. The van der Waals surface area contributed by atoms with E-state index in [4.69, 9.17) is 0 Å². The first-order valence-electron chi connectivity index (χ1n) is 7.95. The molecule has 1 aliphatic heterocycles. The fourth-order valence-electron chi connectivity index (χ4n) is 3.33. The van der Waals surface area contributed by atoms with E-state index in [1.54, 1.807) is 6.20 Å². The van der Waals surface area contributed by atoms with Gasteiger partial charge in [-0.2, -0.15) is 13.2 Å². The number of alkyl halides is 3. The number of halogens is 3. The molecule has 3 rings (SSSR count). The van der Waals surface area contributed by atoms with E-state index in [2.05, 4.69) is 5.32 Å². The lowest BCUT2D eigenvalue weighted by molar-refractivity contribution is -0.143. The molecule has 1 aromatic carbocycles. The second-order valence-corrected chi connectivity index (χ2v) is 6.39. The van der Waals surface area contributed by atoms with Crippen LogP contribution in [0.4, 0.5) is 13.2 Å². The number of carbonyl (C=O) groups is 1. The molecule has 1 unspecified atom stereocenters. The van der Waals surface area contributed by atoms with Crippen LogP contribution in [0.1, 0.15) is 16.8 Å². The fourth-order valence-corrected chi connectivity index (χ4v) is 3.33. The summed E-state index contributed by atoms with van der Waals surface area (Å²) in [7, 11) is 1.88. The molecule has 1 N–H and O–H groups in total. The number of rotatable bonds is 4. The lowest BCUT2D eigenvalue weighted by Crippen LogP contribution is -2.34. The Morgan fingerprint density at radius 2 is 2.08 bits per heavy atom. The van der Waals surface area contributed by atoms with Gasteiger partial charge in [-0.3, -0.25) is 9.69 Å². The SMILES string of the molecule is Cn1cc(C(=O)NCC2CCN(CC(F)(F)F)C2)c2ccccc21. The van der Waals surface area contributed by atoms with E-state index in [-0.39, 0.29) is 11.8 Å². The highest BCUT2D eigenvalue weighted by Crippen LogP contribution is 2.23. The predicted octanol–water partition coefficient (Wildman–Crippen LogP) is 2.79. The first kappa shape index (κ1) is 16.8. The molecule has 0 bridgehead atoms. The van der Waals surface area contributed by atoms with Crippen molar-refractivity contribution in [3.05, 3.63) is 36.0 Å². The number of hydrogen-bond donors (Lipinski definition) is 1. The second kappa shape index (κ2) is 6.47. The maximum atomic E-state index is 12.4. The molecule has 0 radical (unpaired) electrons. The Labute approximate surface area is 138 Å². The van der Waals surface area contributed by atoms with Gasteiger partial charge in [0, 0.05) is 37.2 Å². The van der Waals surface area contributed by atoms with Crippen molar-refractivity contribution in [3.63, 3.8) is 0 Å². The summed E-state index contributed by atoms with van der Waals surface area (Å²) in [5, 5.41) is 3.75. The molecule has 2 heterocycles. The van der Waals surface area contributed by atoms with Gasteiger partial charge in [-0.25, -0.2) is 0 Å². The summed E-state index contributed by atoms with van der Waals surface area (Å²) >= 11 is 0. The van der Waals surface area contributed by atoms with E-state index in [9.17, 15) is 18.0 Å². The summed E-state index contributed by atoms with van der Waals surface area (Å²) in [5.74, 6) is -0.118. The first-order chi connectivity index (χ1) is 11.3. The summed E-state index contributed by atoms with van der Waals surface area (Å²) in [6.07, 6.45) is -1.71. The van der Waals surface area contributed by atoms with Crippen LogP contribution in [-0.2, 0) is 7.05 Å². The van der Waals surface area contributed by atoms with E-state index in [0.717, 1.165) is 10.9 Å². The zero-order valence-corrected chi connectivity index (χ0v) is 13.4. The average molecular weight is 339 g/mol. The van der Waals surface area contributed by atoms with E-state index >= 15 is 0 Å². The van der Waals surface area contributed by atoms with Crippen molar-refractivity contribution in [2.75, 3.05) is 26.2 Å². The van der Waals surface area contributed by atoms with Crippen molar-refractivity contribution in [2.45, 2.75) is 12.6 Å². The standard InChI is InChI=1S/C17H20F3N3O/c1-22-10-14(13-4-2-3-5-15(13)22)16(24)21-8-12-6-7-23(9-12)11-17(18,19)20/h2-5,10,12H,6-9,11H2,1H3,(H,21,24). The molecule has 1 atom stereocenters. The second-order valence-electron chi connectivity index (χ2n) is 6.39. The quantitative estimate of drug-likeness (QED) is 0.930. The third kappa shape index (κ3) is 3.72. The highest BCUT2D eigenvalue weighted by molar-refractivity contribution is 6.06. The van der Waals surface area contributed by atoms with Gasteiger partial charge in [-0.1, -0.05) is 18.2 Å². The number of fused-ring (bicyclic) bond motifs is 1. The summed E-state index contributed by atoms with van der Waals surface area (Å²) in [6, 6.07) is 7.63. The molecule has 1 saturated heterocycles. The summed E-state index contributed by atoms with van der Waals surface area (Å²) in [5.41, 5.74) is 1.57. The van der Waals surface area contributed by atoms with E-state index in [1.165, 1.54) is 4.90 Å². The summed E-state index contributed by atoms with van der Waals surface area (Å²) < 4.78 is 39.1. The van der Waals surface area contributed by atoms with Crippen LogP contribution in [0.5, 0.6) is 0 Å². The molecule has 1 amide bonds. The van der Waals surface area contributed by atoms with Crippen molar-refractivity contribution < 1.29 is 18.0 Å². The largest absolute Gasteiger partial charge is 0.401 e. The van der Waals surface area contributed by atoms with Crippen LogP contribution in [0.15, 0.2) is 30.5 Å².